The molecule has 0 aromatic rings. The Kier molecular flexibility index (Phi) is 3.32. The standard InChI is InChI=1S/C15H21ClN2O2/c1-14(11-5-6-11)12(19)17-15(7-2-3-8-15)13(20)18(14)10-4-9-16/h4,9,11H,2-3,5-8,10H2,1H3,(H,17,19)/b9-4+. The molecule has 1 atom stereocenters. The molecule has 4 nitrogen and oxygen atoms in total. The molecule has 110 valence electrons. The van der Waals surface area contributed by atoms with E-state index in [1.807, 2.05) is 6.92 Å². The third kappa shape index (κ3) is 1.88. The number of rotatable bonds is 3. The molecule has 3 aliphatic rings. The molecule has 0 aromatic heterocycles. The van der Waals surface area contributed by atoms with Crippen molar-refractivity contribution in [2.24, 2.45) is 5.92 Å². The summed E-state index contributed by atoms with van der Waals surface area (Å²) in [6, 6.07) is 0. The van der Waals surface area contributed by atoms with Gasteiger partial charge in [0.25, 0.3) is 0 Å². The van der Waals surface area contributed by atoms with Gasteiger partial charge >= 0.3 is 0 Å². The van der Waals surface area contributed by atoms with Crippen molar-refractivity contribution in [3.8, 4) is 0 Å². The Bertz CT molecular complexity index is 466. The summed E-state index contributed by atoms with van der Waals surface area (Å²) in [5.41, 5.74) is 0.0708. The summed E-state index contributed by atoms with van der Waals surface area (Å²) in [4.78, 5) is 27.5. The summed E-state index contributed by atoms with van der Waals surface area (Å²) >= 11 is 5.63. The molecule has 1 unspecified atom stereocenters. The molecule has 0 radical (unpaired) electrons. The molecule has 1 N–H and O–H groups in total. The summed E-state index contributed by atoms with van der Waals surface area (Å²) < 4.78 is 0. The maximum atomic E-state index is 13.0. The van der Waals surface area contributed by atoms with Gasteiger partial charge in [-0.1, -0.05) is 30.5 Å². The quantitative estimate of drug-likeness (QED) is 0.868. The van der Waals surface area contributed by atoms with Crippen molar-refractivity contribution >= 4 is 23.4 Å². The number of amides is 2. The fourth-order valence-corrected chi connectivity index (χ4v) is 3.86. The number of halogens is 1. The van der Waals surface area contributed by atoms with Crippen LogP contribution in [-0.2, 0) is 9.59 Å². The lowest BCUT2D eigenvalue weighted by atomic mass is 9.82. The first-order valence-corrected chi connectivity index (χ1v) is 7.88. The van der Waals surface area contributed by atoms with Crippen LogP contribution < -0.4 is 5.32 Å². The minimum absolute atomic E-state index is 0.0180. The molecule has 1 heterocycles. The van der Waals surface area contributed by atoms with Crippen LogP contribution in [0.5, 0.6) is 0 Å². The highest BCUT2D eigenvalue weighted by atomic mass is 35.5. The van der Waals surface area contributed by atoms with Crippen LogP contribution in [0, 0.1) is 5.92 Å². The van der Waals surface area contributed by atoms with Gasteiger partial charge in [-0.3, -0.25) is 9.59 Å². The van der Waals surface area contributed by atoms with E-state index in [-0.39, 0.29) is 17.7 Å². The molecule has 2 amide bonds. The average molecular weight is 297 g/mol. The molecule has 2 saturated carbocycles. The van der Waals surface area contributed by atoms with E-state index in [1.54, 1.807) is 11.0 Å². The van der Waals surface area contributed by atoms with Gasteiger partial charge in [-0.25, -0.2) is 0 Å². The van der Waals surface area contributed by atoms with Gasteiger partial charge in [0.05, 0.1) is 0 Å². The topological polar surface area (TPSA) is 49.4 Å². The number of piperazine rings is 1. The molecule has 0 bridgehead atoms. The van der Waals surface area contributed by atoms with E-state index in [1.165, 1.54) is 5.54 Å². The molecule has 3 rings (SSSR count). The largest absolute Gasteiger partial charge is 0.340 e. The van der Waals surface area contributed by atoms with Crippen molar-refractivity contribution in [2.75, 3.05) is 6.54 Å². The smallest absolute Gasteiger partial charge is 0.249 e. The summed E-state index contributed by atoms with van der Waals surface area (Å²) in [6.45, 7) is 2.33. The molecule has 3 fully saturated rings. The molecule has 2 aliphatic carbocycles. The molecule has 20 heavy (non-hydrogen) atoms. The minimum atomic E-state index is -0.707. The van der Waals surface area contributed by atoms with Crippen molar-refractivity contribution in [3.05, 3.63) is 11.6 Å². The van der Waals surface area contributed by atoms with E-state index in [4.69, 9.17) is 11.6 Å². The number of carbonyl (C=O) groups excluding carboxylic acids is 2. The van der Waals surface area contributed by atoms with E-state index in [2.05, 4.69) is 5.32 Å². The number of carbonyl (C=O) groups is 2. The van der Waals surface area contributed by atoms with Crippen molar-refractivity contribution in [2.45, 2.75) is 56.5 Å². The predicted molar refractivity (Wildman–Crippen MR) is 77.2 cm³/mol. The lowest BCUT2D eigenvalue weighted by molar-refractivity contribution is -0.162. The van der Waals surface area contributed by atoms with E-state index in [0.717, 1.165) is 38.5 Å². The highest BCUT2D eigenvalue weighted by molar-refractivity contribution is 6.25. The minimum Gasteiger partial charge on any atom is -0.340 e. The van der Waals surface area contributed by atoms with E-state index >= 15 is 0 Å². The Morgan fingerprint density at radius 1 is 1.35 bits per heavy atom. The van der Waals surface area contributed by atoms with Gasteiger partial charge in [0, 0.05) is 12.1 Å². The second-order valence-corrected chi connectivity index (χ2v) is 6.69. The number of hydrogen-bond acceptors (Lipinski definition) is 2. The first-order valence-electron chi connectivity index (χ1n) is 7.44. The maximum Gasteiger partial charge on any atom is 0.249 e. The molecule has 1 saturated heterocycles. The van der Waals surface area contributed by atoms with Crippen LogP contribution in [0.1, 0.15) is 45.4 Å². The van der Waals surface area contributed by atoms with E-state index < -0.39 is 11.1 Å². The van der Waals surface area contributed by atoms with Crippen LogP contribution in [0.4, 0.5) is 0 Å². The summed E-state index contributed by atoms with van der Waals surface area (Å²) in [7, 11) is 0. The Hall–Kier alpha value is -1.03. The normalized spacial score (nSPS) is 33.2. The fraction of sp³-hybridized carbons (Fsp3) is 0.733. The van der Waals surface area contributed by atoms with Gasteiger partial charge < -0.3 is 10.2 Å². The Balaban J connectivity index is 1.96. The van der Waals surface area contributed by atoms with Crippen LogP contribution in [0.2, 0.25) is 0 Å². The Morgan fingerprint density at radius 3 is 2.55 bits per heavy atom. The van der Waals surface area contributed by atoms with Crippen LogP contribution in [-0.4, -0.2) is 34.3 Å². The number of hydrogen-bond donors (Lipinski definition) is 1. The number of nitrogens with one attached hydrogen (secondary N) is 1. The summed E-state index contributed by atoms with van der Waals surface area (Å²) in [5.74, 6) is 0.386. The van der Waals surface area contributed by atoms with Crippen LogP contribution in [0.25, 0.3) is 0 Å². The Morgan fingerprint density at radius 2 is 2.00 bits per heavy atom. The Labute approximate surface area is 124 Å². The summed E-state index contributed by atoms with van der Waals surface area (Å²) in [5, 5.41) is 3.07. The zero-order valence-corrected chi connectivity index (χ0v) is 12.6. The SMILES string of the molecule is CC1(C2CC2)C(=O)NC2(CCCC2)C(=O)N1C/C=C/Cl. The van der Waals surface area contributed by atoms with Crippen LogP contribution in [0.15, 0.2) is 11.6 Å². The zero-order chi connectivity index (χ0) is 14.4. The highest BCUT2D eigenvalue weighted by Crippen LogP contribution is 2.47. The summed E-state index contributed by atoms with van der Waals surface area (Å²) in [6.07, 6.45) is 7.33. The molecule has 5 heteroatoms. The van der Waals surface area contributed by atoms with E-state index in [9.17, 15) is 9.59 Å². The number of nitrogens with zero attached hydrogens (tertiary/aromatic N) is 1. The predicted octanol–water partition coefficient (Wildman–Crippen LogP) is 2.18. The van der Waals surface area contributed by atoms with Crippen molar-refractivity contribution in [1.82, 2.24) is 10.2 Å². The molecule has 1 spiro atoms. The molecule has 1 aliphatic heterocycles. The van der Waals surface area contributed by atoms with Gasteiger partial charge in [-0.05, 0) is 38.5 Å². The third-order valence-electron chi connectivity index (χ3n) is 5.23. The highest BCUT2D eigenvalue weighted by Gasteiger charge is 2.61. The van der Waals surface area contributed by atoms with Gasteiger partial charge in [0.1, 0.15) is 11.1 Å². The molecule has 0 aromatic carbocycles. The lowest BCUT2D eigenvalue weighted by Crippen LogP contribution is -2.75. The van der Waals surface area contributed by atoms with Gasteiger partial charge in [0.15, 0.2) is 0 Å². The average Bonchev–Trinajstić information content (AvgIpc) is 3.18. The van der Waals surface area contributed by atoms with Crippen LogP contribution >= 0.6 is 11.6 Å². The van der Waals surface area contributed by atoms with Crippen molar-refractivity contribution in [3.63, 3.8) is 0 Å². The van der Waals surface area contributed by atoms with Crippen molar-refractivity contribution < 1.29 is 9.59 Å². The first-order chi connectivity index (χ1) is 9.54. The molecular formula is C15H21ClN2O2. The van der Waals surface area contributed by atoms with E-state index in [0.29, 0.717) is 6.54 Å². The van der Waals surface area contributed by atoms with Gasteiger partial charge in [0.2, 0.25) is 11.8 Å². The van der Waals surface area contributed by atoms with Crippen molar-refractivity contribution in [1.29, 1.82) is 0 Å². The zero-order valence-electron chi connectivity index (χ0n) is 11.8. The molecular weight excluding hydrogens is 276 g/mol. The second-order valence-electron chi connectivity index (χ2n) is 6.44. The van der Waals surface area contributed by atoms with Gasteiger partial charge in [-0.15, -0.1) is 0 Å². The second kappa shape index (κ2) is 4.76. The fourth-order valence-electron chi connectivity index (χ4n) is 3.78. The van der Waals surface area contributed by atoms with Gasteiger partial charge in [-0.2, -0.15) is 0 Å². The first kappa shape index (κ1) is 13.9. The van der Waals surface area contributed by atoms with Crippen LogP contribution in [0.3, 0.4) is 0 Å². The monoisotopic (exact) mass is 296 g/mol. The maximum absolute atomic E-state index is 13.0. The third-order valence-corrected chi connectivity index (χ3v) is 5.41. The lowest BCUT2D eigenvalue weighted by Gasteiger charge is -2.50.